The van der Waals surface area contributed by atoms with Gasteiger partial charge in [0.1, 0.15) is 29.9 Å². The standard InChI is InChI=1S/C49H67N7O7/c1-3-31(2)42(52)44(58)43(39-22-12-13-24-54-39)56-47(61)48(27-33-17-8-5-9-18-33,45(59)38(51)26-35-28-53-30-55-35)49(62,46(60)37(50)25-32-15-6-4-7-16-32)41(57)29-63-40-23-14-20-34-19-10-11-21-36(34)40/h10-14,19-24,28,30-33,37-38,42-43,46,60,62H,3-9,15-18,25-27,29,50-52H2,1-2H3,(H,53,55)(H,56,61)/t31-,37-,38-,42-,43?,46+,48+,49-/m0/s1. The highest BCUT2D eigenvalue weighted by Crippen LogP contribution is 2.48. The number of rotatable bonds is 22. The normalized spacial score (nSPS) is 20.0. The molecular formula is C49H67N7O7. The molecule has 2 aromatic heterocycles. The number of pyridine rings is 1. The van der Waals surface area contributed by atoms with E-state index in [1.165, 1.54) is 18.7 Å². The Kier molecular flexibility index (Phi) is 16.4. The fourth-order valence-corrected chi connectivity index (χ4v) is 9.98. The molecule has 0 aliphatic heterocycles. The molecule has 2 heterocycles. The number of H-pyrrole nitrogens is 1. The topological polar surface area (TPSA) is 250 Å². The Morgan fingerprint density at radius 2 is 1.57 bits per heavy atom. The number of carbonyl (C=O) groups is 4. The molecule has 340 valence electrons. The Morgan fingerprint density at radius 3 is 2.22 bits per heavy atom. The molecule has 1 unspecified atom stereocenters. The van der Waals surface area contributed by atoms with Crippen molar-refractivity contribution in [3.63, 3.8) is 0 Å². The molecule has 0 bridgehead atoms. The third-order valence-electron chi connectivity index (χ3n) is 13.9. The van der Waals surface area contributed by atoms with Gasteiger partial charge in [-0.2, -0.15) is 0 Å². The van der Waals surface area contributed by atoms with E-state index < -0.39 is 71.2 Å². The van der Waals surface area contributed by atoms with E-state index in [9.17, 15) is 15.0 Å². The van der Waals surface area contributed by atoms with E-state index in [4.69, 9.17) is 21.9 Å². The molecule has 0 saturated heterocycles. The fraction of sp³-hybridized carbons (Fsp3) is 0.551. The van der Waals surface area contributed by atoms with Crippen LogP contribution in [0.15, 0.2) is 79.4 Å². The van der Waals surface area contributed by atoms with Crippen LogP contribution in [0.1, 0.15) is 115 Å². The lowest BCUT2D eigenvalue weighted by atomic mass is 9.56. The van der Waals surface area contributed by atoms with E-state index in [1.807, 2.05) is 44.2 Å². The number of ether oxygens (including phenoxy) is 1. The minimum absolute atomic E-state index is 0.0720. The van der Waals surface area contributed by atoms with Gasteiger partial charge in [0.2, 0.25) is 11.7 Å². The number of aliphatic hydroxyl groups excluding tert-OH is 1. The Bertz CT molecular complexity index is 2120. The second-order valence-electron chi connectivity index (χ2n) is 18.1. The highest BCUT2D eigenvalue weighted by molar-refractivity contribution is 6.15. The predicted molar refractivity (Wildman–Crippen MR) is 241 cm³/mol. The molecule has 1 amide bonds. The first kappa shape index (κ1) is 47.6. The third-order valence-corrected chi connectivity index (χ3v) is 13.9. The molecule has 2 aliphatic rings. The predicted octanol–water partition coefficient (Wildman–Crippen LogP) is 5.19. The molecule has 63 heavy (non-hydrogen) atoms. The fourth-order valence-electron chi connectivity index (χ4n) is 9.98. The molecule has 14 nitrogen and oxygen atoms in total. The average molecular weight is 866 g/mol. The summed E-state index contributed by atoms with van der Waals surface area (Å²) >= 11 is 0. The zero-order chi connectivity index (χ0) is 45.1. The maximum Gasteiger partial charge on any atom is 0.238 e. The highest BCUT2D eigenvalue weighted by Gasteiger charge is 2.69. The number of aromatic amines is 1. The first-order valence-electron chi connectivity index (χ1n) is 22.9. The van der Waals surface area contributed by atoms with Crippen LogP contribution in [0, 0.1) is 23.2 Å². The molecule has 2 aliphatic carbocycles. The smallest absolute Gasteiger partial charge is 0.238 e. The van der Waals surface area contributed by atoms with Gasteiger partial charge < -0.3 is 42.5 Å². The number of benzene rings is 2. The van der Waals surface area contributed by atoms with Gasteiger partial charge in [0, 0.05) is 35.9 Å². The molecular weight excluding hydrogens is 799 g/mol. The summed E-state index contributed by atoms with van der Waals surface area (Å²) in [7, 11) is 0. The molecule has 4 aromatic rings. The lowest BCUT2D eigenvalue weighted by Crippen LogP contribution is -2.75. The van der Waals surface area contributed by atoms with Crippen molar-refractivity contribution in [3.05, 3.63) is 90.8 Å². The van der Waals surface area contributed by atoms with E-state index in [0.29, 0.717) is 36.1 Å². The summed E-state index contributed by atoms with van der Waals surface area (Å²) in [5.74, 6) is -4.17. The number of aromatic nitrogens is 3. The second kappa shape index (κ2) is 21.7. The van der Waals surface area contributed by atoms with Gasteiger partial charge in [-0.05, 0) is 54.2 Å². The van der Waals surface area contributed by atoms with Crippen LogP contribution < -0.4 is 27.3 Å². The molecule has 2 fully saturated rings. The number of nitrogens with two attached hydrogens (primary N) is 3. The minimum atomic E-state index is -3.23. The first-order valence-corrected chi connectivity index (χ1v) is 22.9. The molecule has 2 saturated carbocycles. The number of nitrogens with one attached hydrogen (secondary N) is 2. The van der Waals surface area contributed by atoms with E-state index >= 15 is 14.4 Å². The Morgan fingerprint density at radius 1 is 0.905 bits per heavy atom. The van der Waals surface area contributed by atoms with Crippen LogP contribution in [-0.4, -0.2) is 84.9 Å². The van der Waals surface area contributed by atoms with Crippen molar-refractivity contribution < 1.29 is 34.1 Å². The lowest BCUT2D eigenvalue weighted by Gasteiger charge is -2.50. The number of fused-ring (bicyclic) bond motifs is 1. The van der Waals surface area contributed by atoms with Crippen LogP contribution in [0.25, 0.3) is 10.8 Å². The van der Waals surface area contributed by atoms with Crippen LogP contribution in [0.4, 0.5) is 0 Å². The van der Waals surface area contributed by atoms with E-state index in [-0.39, 0.29) is 42.7 Å². The van der Waals surface area contributed by atoms with Crippen molar-refractivity contribution in [2.75, 3.05) is 6.61 Å². The molecule has 6 rings (SSSR count). The van der Waals surface area contributed by atoms with Gasteiger partial charge in [0.15, 0.2) is 17.2 Å². The van der Waals surface area contributed by atoms with Crippen LogP contribution in [0.5, 0.6) is 5.75 Å². The zero-order valence-corrected chi connectivity index (χ0v) is 36.8. The maximum atomic E-state index is 16.0. The van der Waals surface area contributed by atoms with E-state index in [1.54, 1.807) is 30.3 Å². The number of hydrogen-bond donors (Lipinski definition) is 7. The van der Waals surface area contributed by atoms with Gasteiger partial charge in [0.25, 0.3) is 0 Å². The minimum Gasteiger partial charge on any atom is -0.485 e. The number of nitrogens with zero attached hydrogens (tertiary/aromatic N) is 2. The number of ketones is 3. The van der Waals surface area contributed by atoms with E-state index in [0.717, 1.165) is 56.8 Å². The number of Topliss-reactive ketones (excluding diaryl/α,β-unsaturated/α-hetero) is 3. The summed E-state index contributed by atoms with van der Waals surface area (Å²) in [4.78, 5) is 73.3. The third kappa shape index (κ3) is 10.6. The molecule has 0 spiro atoms. The summed E-state index contributed by atoms with van der Waals surface area (Å²) in [5.41, 5.74) is 14.9. The van der Waals surface area contributed by atoms with Crippen molar-refractivity contribution in [2.24, 2.45) is 40.4 Å². The Labute approximate surface area is 370 Å². The van der Waals surface area contributed by atoms with Crippen LogP contribution in [0.2, 0.25) is 0 Å². The lowest BCUT2D eigenvalue weighted by molar-refractivity contribution is -0.197. The van der Waals surface area contributed by atoms with E-state index in [2.05, 4.69) is 20.3 Å². The summed E-state index contributed by atoms with van der Waals surface area (Å²) < 4.78 is 6.23. The molecule has 2 aromatic carbocycles. The van der Waals surface area contributed by atoms with Gasteiger partial charge in [-0.15, -0.1) is 0 Å². The Hall–Kier alpha value is -4.86. The van der Waals surface area contributed by atoms with Gasteiger partial charge in [-0.1, -0.05) is 127 Å². The molecule has 14 heteroatoms. The van der Waals surface area contributed by atoms with Crippen molar-refractivity contribution in [1.29, 1.82) is 0 Å². The number of amides is 1. The molecule has 0 radical (unpaired) electrons. The van der Waals surface area contributed by atoms with Crippen LogP contribution >= 0.6 is 0 Å². The van der Waals surface area contributed by atoms with Crippen molar-refractivity contribution in [2.45, 2.75) is 140 Å². The van der Waals surface area contributed by atoms with Gasteiger partial charge in [0.05, 0.1) is 24.1 Å². The van der Waals surface area contributed by atoms with Crippen LogP contribution in [0.3, 0.4) is 0 Å². The quantitative estimate of drug-likeness (QED) is 0.0505. The van der Waals surface area contributed by atoms with Crippen molar-refractivity contribution >= 4 is 34.0 Å². The number of aliphatic hydroxyl groups is 2. The summed E-state index contributed by atoms with van der Waals surface area (Å²) in [5, 5.41) is 31.0. The number of carbonyl (C=O) groups excluding carboxylic acids is 4. The highest BCUT2D eigenvalue weighted by atomic mass is 16.5. The summed E-state index contributed by atoms with van der Waals surface area (Å²) in [6.07, 6.45) is 10.7. The summed E-state index contributed by atoms with van der Waals surface area (Å²) in [6, 6.07) is 12.3. The first-order chi connectivity index (χ1) is 30.3. The van der Waals surface area contributed by atoms with Gasteiger partial charge in [-0.3, -0.25) is 24.2 Å². The maximum absolute atomic E-state index is 16.0. The van der Waals surface area contributed by atoms with Crippen molar-refractivity contribution in [1.82, 2.24) is 20.3 Å². The average Bonchev–Trinajstić information content (AvgIpc) is 3.84. The van der Waals surface area contributed by atoms with Gasteiger partial charge in [-0.25, -0.2) is 4.98 Å². The van der Waals surface area contributed by atoms with Crippen LogP contribution in [-0.2, 0) is 25.6 Å². The Balaban J connectivity index is 1.55. The number of imidazole rings is 1. The zero-order valence-electron chi connectivity index (χ0n) is 36.8. The SMILES string of the molecule is CC[C@H](C)[C@H](N)C(=O)C(NC(=O)[C@@](CC1CCCCC1)(C(=O)[C@@H](N)Cc1cnc[nH]1)[C@](O)(C(=O)COc1cccc2ccccc12)[C@H](O)[C@@H](N)CC1CCCCC1)c1ccccn1. The van der Waals surface area contributed by atoms with Crippen molar-refractivity contribution in [3.8, 4) is 5.75 Å². The molecule has 10 N–H and O–H groups in total. The second-order valence-corrected chi connectivity index (χ2v) is 18.1. The largest absolute Gasteiger partial charge is 0.485 e. The summed E-state index contributed by atoms with van der Waals surface area (Å²) in [6.45, 7) is 2.87. The molecule has 8 atom stereocenters. The monoisotopic (exact) mass is 866 g/mol. The van der Waals surface area contributed by atoms with Gasteiger partial charge >= 0.3 is 0 Å². The number of hydrogen-bond acceptors (Lipinski definition) is 12.